The lowest BCUT2D eigenvalue weighted by molar-refractivity contribution is 0.100. The molecule has 0 bridgehead atoms. The number of carbonyl (C=O) groups excluding carboxylic acids is 1. The van der Waals surface area contributed by atoms with Gasteiger partial charge in [-0.15, -0.1) is 0 Å². The van der Waals surface area contributed by atoms with Crippen LogP contribution in [0.3, 0.4) is 0 Å². The number of benzene rings is 2. The molecule has 0 radical (unpaired) electrons. The SMILES string of the molecule is CC.CC.CCCC(C)(C)c1ccccc1.CCCc1nc2c(C)cc(C(N)=O)cc2[nH]1. The molecule has 0 aliphatic heterocycles. The molecule has 3 N–H and O–H groups in total. The van der Waals surface area contributed by atoms with Gasteiger partial charge in [-0.3, -0.25) is 4.79 Å². The number of imidazole rings is 1. The second kappa shape index (κ2) is 15.2. The highest BCUT2D eigenvalue weighted by Crippen LogP contribution is 2.27. The monoisotopic (exact) mass is 439 g/mol. The van der Waals surface area contributed by atoms with Crippen molar-refractivity contribution in [2.75, 3.05) is 0 Å². The first kappa shape index (κ1) is 29.4. The molecule has 3 rings (SSSR count). The van der Waals surface area contributed by atoms with Crippen molar-refractivity contribution in [3.05, 3.63) is 65.0 Å². The van der Waals surface area contributed by atoms with Gasteiger partial charge < -0.3 is 10.7 Å². The number of nitrogens with one attached hydrogen (secondary N) is 1. The number of amides is 1. The fraction of sp³-hybridized carbons (Fsp3) is 0.500. The Hall–Kier alpha value is -2.62. The fourth-order valence-electron chi connectivity index (χ4n) is 3.50. The third-order valence-corrected chi connectivity index (χ3v) is 5.03. The number of nitrogens with two attached hydrogens (primary N) is 1. The Morgan fingerprint density at radius 2 is 1.59 bits per heavy atom. The summed E-state index contributed by atoms with van der Waals surface area (Å²) in [7, 11) is 0. The Morgan fingerprint density at radius 3 is 2.09 bits per heavy atom. The summed E-state index contributed by atoms with van der Waals surface area (Å²) in [6, 6.07) is 14.3. The lowest BCUT2D eigenvalue weighted by Crippen LogP contribution is -2.16. The fourth-order valence-corrected chi connectivity index (χ4v) is 3.50. The van der Waals surface area contributed by atoms with Crippen LogP contribution in [0, 0.1) is 6.92 Å². The van der Waals surface area contributed by atoms with E-state index < -0.39 is 5.91 Å². The maximum Gasteiger partial charge on any atom is 0.248 e. The molecule has 0 fully saturated rings. The molecule has 0 unspecified atom stereocenters. The highest BCUT2D eigenvalue weighted by molar-refractivity contribution is 5.97. The van der Waals surface area contributed by atoms with E-state index in [1.807, 2.05) is 34.6 Å². The number of rotatable bonds is 6. The molecule has 178 valence electrons. The highest BCUT2D eigenvalue weighted by atomic mass is 16.1. The quantitative estimate of drug-likeness (QED) is 0.412. The van der Waals surface area contributed by atoms with E-state index in [4.69, 9.17) is 5.73 Å². The number of aromatic nitrogens is 2. The van der Waals surface area contributed by atoms with Crippen LogP contribution in [0.1, 0.15) is 102 Å². The van der Waals surface area contributed by atoms with Gasteiger partial charge in [-0.25, -0.2) is 4.98 Å². The third kappa shape index (κ3) is 8.86. The normalized spacial score (nSPS) is 10.2. The summed E-state index contributed by atoms with van der Waals surface area (Å²) in [5.74, 6) is 0.555. The van der Waals surface area contributed by atoms with Crippen molar-refractivity contribution in [3.8, 4) is 0 Å². The van der Waals surface area contributed by atoms with Gasteiger partial charge in [0.25, 0.3) is 0 Å². The summed E-state index contributed by atoms with van der Waals surface area (Å²) in [5.41, 5.74) is 10.4. The zero-order valence-corrected chi connectivity index (χ0v) is 21.8. The zero-order chi connectivity index (χ0) is 24.7. The number of carbonyl (C=O) groups is 1. The lowest BCUT2D eigenvalue weighted by Gasteiger charge is -2.24. The van der Waals surface area contributed by atoms with Gasteiger partial charge in [-0.2, -0.15) is 0 Å². The van der Waals surface area contributed by atoms with E-state index in [0.717, 1.165) is 35.3 Å². The molecule has 32 heavy (non-hydrogen) atoms. The molecule has 2 aromatic carbocycles. The van der Waals surface area contributed by atoms with Crippen molar-refractivity contribution < 1.29 is 4.79 Å². The molecule has 0 spiro atoms. The highest BCUT2D eigenvalue weighted by Gasteiger charge is 2.18. The molecule has 0 saturated heterocycles. The summed E-state index contributed by atoms with van der Waals surface area (Å²) >= 11 is 0. The van der Waals surface area contributed by atoms with Crippen molar-refractivity contribution >= 4 is 16.9 Å². The van der Waals surface area contributed by atoms with Crippen LogP contribution < -0.4 is 5.73 Å². The Bertz CT molecular complexity index is 911. The average Bonchev–Trinajstić information content (AvgIpc) is 3.21. The van der Waals surface area contributed by atoms with Crippen LogP contribution >= 0.6 is 0 Å². The standard InChI is InChI=1S/C12H15N3O.C12H18.2C2H6/c1-3-4-10-14-9-6-8(12(13)16)5-7(2)11(9)15-10;1-4-10-12(2,3)11-8-6-5-7-9-11;2*1-2/h5-6H,3-4H2,1-2H3,(H2,13,16)(H,14,15);5-9H,4,10H2,1-3H3;2*1-2H3. The predicted molar refractivity (Wildman–Crippen MR) is 140 cm³/mol. The van der Waals surface area contributed by atoms with Gasteiger partial charge in [-0.05, 0) is 48.4 Å². The molecule has 1 aromatic heterocycles. The van der Waals surface area contributed by atoms with Crippen molar-refractivity contribution in [2.24, 2.45) is 5.73 Å². The number of fused-ring (bicyclic) bond motifs is 1. The summed E-state index contributed by atoms with van der Waals surface area (Å²) in [6.07, 6.45) is 4.47. The van der Waals surface area contributed by atoms with Crippen molar-refractivity contribution in [1.82, 2.24) is 9.97 Å². The minimum Gasteiger partial charge on any atom is -0.366 e. The molecule has 3 aromatic rings. The van der Waals surface area contributed by atoms with Gasteiger partial charge in [0, 0.05) is 12.0 Å². The van der Waals surface area contributed by atoms with Gasteiger partial charge in [0.2, 0.25) is 5.91 Å². The number of H-pyrrole nitrogens is 1. The summed E-state index contributed by atoms with van der Waals surface area (Å²) in [5, 5.41) is 0. The molecule has 1 heterocycles. The molecule has 4 nitrogen and oxygen atoms in total. The van der Waals surface area contributed by atoms with Crippen molar-refractivity contribution in [3.63, 3.8) is 0 Å². The van der Waals surface area contributed by atoms with Gasteiger partial charge in [0.15, 0.2) is 0 Å². The van der Waals surface area contributed by atoms with E-state index in [1.165, 1.54) is 18.4 Å². The number of aromatic amines is 1. The minimum atomic E-state index is -0.406. The maximum absolute atomic E-state index is 11.1. The number of hydrogen-bond donors (Lipinski definition) is 2. The average molecular weight is 440 g/mol. The maximum atomic E-state index is 11.1. The number of nitrogens with zero attached hydrogens (tertiary/aromatic N) is 1. The Labute approximate surface area is 196 Å². The first-order valence-corrected chi connectivity index (χ1v) is 12.1. The first-order valence-electron chi connectivity index (χ1n) is 12.1. The van der Waals surface area contributed by atoms with E-state index >= 15 is 0 Å². The van der Waals surface area contributed by atoms with E-state index in [0.29, 0.717) is 11.0 Å². The van der Waals surface area contributed by atoms with Crippen LogP contribution in [0.15, 0.2) is 42.5 Å². The third-order valence-electron chi connectivity index (χ3n) is 5.03. The van der Waals surface area contributed by atoms with Gasteiger partial charge in [0.05, 0.1) is 11.0 Å². The van der Waals surface area contributed by atoms with E-state index in [1.54, 1.807) is 12.1 Å². The largest absolute Gasteiger partial charge is 0.366 e. The number of primary amides is 1. The van der Waals surface area contributed by atoms with Crippen LogP contribution in [-0.4, -0.2) is 15.9 Å². The van der Waals surface area contributed by atoms with Gasteiger partial charge in [0.1, 0.15) is 5.82 Å². The topological polar surface area (TPSA) is 71.8 Å². The summed E-state index contributed by atoms with van der Waals surface area (Å²) in [4.78, 5) is 18.8. The minimum absolute atomic E-state index is 0.343. The van der Waals surface area contributed by atoms with Crippen LogP contribution in [0.5, 0.6) is 0 Å². The van der Waals surface area contributed by atoms with E-state index in [9.17, 15) is 4.79 Å². The smallest absolute Gasteiger partial charge is 0.248 e. The molecule has 1 amide bonds. The molecule has 0 atom stereocenters. The van der Waals surface area contributed by atoms with Gasteiger partial charge in [-0.1, -0.05) is 92.1 Å². The van der Waals surface area contributed by atoms with Crippen LogP contribution in [-0.2, 0) is 11.8 Å². The Morgan fingerprint density at radius 1 is 1.00 bits per heavy atom. The lowest BCUT2D eigenvalue weighted by atomic mass is 9.81. The first-order chi connectivity index (χ1) is 15.3. The molecule has 0 aliphatic rings. The predicted octanol–water partition coefficient (Wildman–Crippen LogP) is 7.74. The van der Waals surface area contributed by atoms with Gasteiger partial charge >= 0.3 is 0 Å². The second-order valence-corrected chi connectivity index (χ2v) is 7.99. The van der Waals surface area contributed by atoms with E-state index in [-0.39, 0.29) is 0 Å². The number of aryl methyl sites for hydroxylation is 2. The number of hydrogen-bond acceptors (Lipinski definition) is 2. The summed E-state index contributed by atoms with van der Waals surface area (Å²) < 4.78 is 0. The van der Waals surface area contributed by atoms with Crippen LogP contribution in [0.2, 0.25) is 0 Å². The van der Waals surface area contributed by atoms with Crippen molar-refractivity contribution in [2.45, 2.75) is 93.4 Å². The molecular formula is C28H45N3O. The summed E-state index contributed by atoms with van der Waals surface area (Å²) in [6.45, 7) is 18.9. The molecule has 4 heteroatoms. The Balaban J connectivity index is 0.000000536. The second-order valence-electron chi connectivity index (χ2n) is 7.99. The van der Waals surface area contributed by atoms with E-state index in [2.05, 4.69) is 68.0 Å². The Kier molecular flexibility index (Phi) is 14.0. The molecular weight excluding hydrogens is 394 g/mol. The van der Waals surface area contributed by atoms with Crippen LogP contribution in [0.4, 0.5) is 0 Å². The zero-order valence-electron chi connectivity index (χ0n) is 21.8. The molecule has 0 aliphatic carbocycles. The van der Waals surface area contributed by atoms with Crippen molar-refractivity contribution in [1.29, 1.82) is 0 Å². The van der Waals surface area contributed by atoms with Crippen LogP contribution in [0.25, 0.3) is 11.0 Å². The molecule has 0 saturated carbocycles.